The molecule has 4 rings (SSSR count). The van der Waals surface area contributed by atoms with Crippen LogP contribution in [0.15, 0.2) is 83.5 Å². The molecule has 0 aliphatic carbocycles. The molecule has 0 fully saturated rings. The summed E-state index contributed by atoms with van der Waals surface area (Å²) in [4.78, 5) is 42.9. The number of methoxy groups -OCH3 is 2. The Labute approximate surface area is 232 Å². The van der Waals surface area contributed by atoms with Crippen LogP contribution < -0.4 is 9.47 Å². The van der Waals surface area contributed by atoms with Crippen molar-refractivity contribution in [1.82, 2.24) is 4.90 Å². The Morgan fingerprint density at radius 1 is 1.03 bits per heavy atom. The molecule has 200 valence electrons. The second-order valence-corrected chi connectivity index (χ2v) is 10.6. The van der Waals surface area contributed by atoms with Gasteiger partial charge in [0.1, 0.15) is 0 Å². The molecule has 0 aromatic heterocycles. The number of carbonyl (C=O) groups excluding carboxylic acids is 2. The van der Waals surface area contributed by atoms with E-state index in [1.165, 1.54) is 29.8 Å². The van der Waals surface area contributed by atoms with Crippen molar-refractivity contribution in [3.8, 4) is 11.5 Å². The molecular formula is C29H27N3O6Se. The maximum absolute atomic E-state index is 13.4. The SMILES string of the molecule is COc1ccc(/C=C2\N=C([Se]CC(=O)c3ccc([N+](=O)[O-])cc3)N(CCCc3ccccc3)C2=O)cc1OC. The van der Waals surface area contributed by atoms with Crippen LogP contribution in [0.3, 0.4) is 0 Å². The van der Waals surface area contributed by atoms with Crippen LogP contribution in [0.25, 0.3) is 6.08 Å². The number of nitro benzene ring substituents is 1. The van der Waals surface area contributed by atoms with Crippen LogP contribution in [0.1, 0.15) is 27.9 Å². The summed E-state index contributed by atoms with van der Waals surface area (Å²) >= 11 is -0.422. The monoisotopic (exact) mass is 593 g/mol. The van der Waals surface area contributed by atoms with Crippen LogP contribution in [0.5, 0.6) is 11.5 Å². The zero-order valence-corrected chi connectivity index (χ0v) is 23.2. The van der Waals surface area contributed by atoms with E-state index in [1.807, 2.05) is 24.3 Å². The van der Waals surface area contributed by atoms with Crippen LogP contribution in [0, 0.1) is 10.1 Å². The number of benzene rings is 3. The first-order chi connectivity index (χ1) is 18.9. The van der Waals surface area contributed by atoms with Gasteiger partial charge in [0, 0.05) is 0 Å². The number of carbonyl (C=O) groups is 2. The van der Waals surface area contributed by atoms with E-state index in [0.717, 1.165) is 18.4 Å². The van der Waals surface area contributed by atoms with Gasteiger partial charge in [-0.05, 0) is 0 Å². The van der Waals surface area contributed by atoms with Crippen molar-refractivity contribution < 1.29 is 24.0 Å². The van der Waals surface area contributed by atoms with Gasteiger partial charge in [0.05, 0.1) is 0 Å². The summed E-state index contributed by atoms with van der Waals surface area (Å²) in [6.45, 7) is 0.476. The fraction of sp³-hybridized carbons (Fsp3) is 0.207. The number of amidine groups is 1. The fourth-order valence-electron chi connectivity index (χ4n) is 4.01. The van der Waals surface area contributed by atoms with E-state index in [1.54, 1.807) is 37.3 Å². The van der Waals surface area contributed by atoms with Crippen LogP contribution >= 0.6 is 0 Å². The fourth-order valence-corrected chi connectivity index (χ4v) is 5.94. The Balaban J connectivity index is 1.52. The molecular weight excluding hydrogens is 565 g/mol. The van der Waals surface area contributed by atoms with Gasteiger partial charge >= 0.3 is 233 Å². The van der Waals surface area contributed by atoms with Crippen molar-refractivity contribution in [3.63, 3.8) is 0 Å². The molecule has 1 aliphatic rings. The van der Waals surface area contributed by atoms with Gasteiger partial charge < -0.3 is 0 Å². The summed E-state index contributed by atoms with van der Waals surface area (Å²) in [5, 5.41) is 11.1. The summed E-state index contributed by atoms with van der Waals surface area (Å²) in [5.74, 6) is 0.760. The van der Waals surface area contributed by atoms with E-state index >= 15 is 0 Å². The van der Waals surface area contributed by atoms with Crippen LogP contribution in [-0.4, -0.2) is 62.0 Å². The van der Waals surface area contributed by atoms with Gasteiger partial charge in [-0.15, -0.1) is 0 Å². The van der Waals surface area contributed by atoms with E-state index in [4.69, 9.17) is 9.47 Å². The Bertz CT molecular complexity index is 1420. The number of ketones is 1. The third kappa shape index (κ3) is 6.98. The average Bonchev–Trinajstić information content (AvgIpc) is 3.25. The van der Waals surface area contributed by atoms with E-state index in [2.05, 4.69) is 17.1 Å². The Morgan fingerprint density at radius 3 is 2.41 bits per heavy atom. The van der Waals surface area contributed by atoms with Gasteiger partial charge in [0.25, 0.3) is 0 Å². The molecule has 1 aliphatic heterocycles. The summed E-state index contributed by atoms with van der Waals surface area (Å²) < 4.78 is 11.3. The number of hydrogen-bond acceptors (Lipinski definition) is 7. The number of Topliss-reactive ketones (excluding diaryl/α,β-unsaturated/α-hetero) is 1. The molecule has 9 nitrogen and oxygen atoms in total. The average molecular weight is 593 g/mol. The number of aryl methyl sites for hydroxylation is 1. The maximum atomic E-state index is 13.4. The number of rotatable bonds is 12. The zero-order chi connectivity index (χ0) is 27.8. The molecule has 10 heteroatoms. The van der Waals surface area contributed by atoms with Crippen LogP contribution in [-0.2, 0) is 11.2 Å². The molecule has 0 radical (unpaired) electrons. The minimum absolute atomic E-state index is 0.0719. The number of amides is 1. The van der Waals surface area contributed by atoms with Crippen molar-refractivity contribution in [1.29, 1.82) is 0 Å². The zero-order valence-electron chi connectivity index (χ0n) is 21.5. The van der Waals surface area contributed by atoms with E-state index in [-0.39, 0.29) is 22.7 Å². The predicted octanol–water partition coefficient (Wildman–Crippen LogP) is 4.79. The number of nitrogens with zero attached hydrogens (tertiary/aromatic N) is 3. The molecule has 1 amide bonds. The van der Waals surface area contributed by atoms with Gasteiger partial charge in [-0.3, -0.25) is 0 Å². The number of hydrogen-bond donors (Lipinski definition) is 0. The topological polar surface area (TPSA) is 111 Å². The molecule has 3 aromatic carbocycles. The van der Waals surface area contributed by atoms with Gasteiger partial charge in [0.2, 0.25) is 0 Å². The molecule has 0 bridgehead atoms. The Kier molecular flexibility index (Phi) is 9.25. The summed E-state index contributed by atoms with van der Waals surface area (Å²) in [5.41, 5.74) is 2.53. The molecule has 0 spiro atoms. The number of ether oxygens (including phenoxy) is 2. The standard InChI is InChI=1S/C29H27N3O6Se/c1-37-26-15-10-21(18-27(26)38-2)17-24-28(34)31(16-6-9-20-7-4-3-5-8-20)29(30-24)39-19-25(33)22-11-13-23(14-12-22)32(35)36/h3-5,7-8,10-15,17-18H,6,9,16,19H2,1-2H3/b24-17-. The molecule has 0 unspecified atom stereocenters. The van der Waals surface area contributed by atoms with E-state index in [0.29, 0.717) is 34.0 Å². The summed E-state index contributed by atoms with van der Waals surface area (Å²) in [6.07, 6.45) is 3.25. The first-order valence-electron chi connectivity index (χ1n) is 12.2. The molecule has 0 saturated heterocycles. The van der Waals surface area contributed by atoms with Crippen molar-refractivity contribution in [2.45, 2.75) is 18.2 Å². The van der Waals surface area contributed by atoms with Crippen molar-refractivity contribution in [3.05, 3.63) is 105 Å². The molecule has 1 heterocycles. The second kappa shape index (κ2) is 13.0. The normalized spacial score (nSPS) is 13.9. The van der Waals surface area contributed by atoms with Crippen molar-refractivity contribution >= 4 is 43.1 Å². The van der Waals surface area contributed by atoms with Gasteiger partial charge in [-0.1, -0.05) is 0 Å². The molecule has 39 heavy (non-hydrogen) atoms. The third-order valence-corrected chi connectivity index (χ3v) is 8.09. The number of aliphatic imine (C=N–C) groups is 1. The first-order valence-corrected chi connectivity index (χ1v) is 14.2. The Hall–Kier alpha value is -4.27. The van der Waals surface area contributed by atoms with Crippen LogP contribution in [0.2, 0.25) is 5.32 Å². The van der Waals surface area contributed by atoms with Gasteiger partial charge in [0.15, 0.2) is 0 Å². The second-order valence-electron chi connectivity index (χ2n) is 8.60. The molecule has 0 saturated carbocycles. The van der Waals surface area contributed by atoms with Gasteiger partial charge in [-0.25, -0.2) is 0 Å². The van der Waals surface area contributed by atoms with Crippen LogP contribution in [0.4, 0.5) is 5.69 Å². The van der Waals surface area contributed by atoms with E-state index < -0.39 is 19.9 Å². The predicted molar refractivity (Wildman–Crippen MR) is 149 cm³/mol. The first kappa shape index (κ1) is 27.8. The Morgan fingerprint density at radius 2 is 1.74 bits per heavy atom. The van der Waals surface area contributed by atoms with Crippen molar-refractivity contribution in [2.75, 3.05) is 20.8 Å². The third-order valence-electron chi connectivity index (χ3n) is 6.04. The molecule has 0 N–H and O–H groups in total. The molecule has 0 atom stereocenters. The minimum atomic E-state index is -0.503. The summed E-state index contributed by atoms with van der Waals surface area (Å²) in [6, 6.07) is 20.9. The van der Waals surface area contributed by atoms with Crippen molar-refractivity contribution in [2.24, 2.45) is 4.99 Å². The van der Waals surface area contributed by atoms with Gasteiger partial charge in [-0.2, -0.15) is 0 Å². The van der Waals surface area contributed by atoms with E-state index in [9.17, 15) is 19.7 Å². The summed E-state index contributed by atoms with van der Waals surface area (Å²) in [7, 11) is 3.10. The number of nitro groups is 1. The number of non-ortho nitro benzene ring substituents is 1. The quantitative estimate of drug-likeness (QED) is 0.0984. The molecule has 3 aromatic rings.